The van der Waals surface area contributed by atoms with Gasteiger partial charge in [0.15, 0.2) is 0 Å². The number of halogens is 1. The normalized spacial score (nSPS) is 10.2. The van der Waals surface area contributed by atoms with Gasteiger partial charge in [0.25, 0.3) is 0 Å². The minimum atomic E-state index is 0.406. The molecule has 4 nitrogen and oxygen atoms in total. The van der Waals surface area contributed by atoms with Crippen LogP contribution in [0, 0.1) is 0 Å². The molecule has 0 unspecified atom stereocenters. The van der Waals surface area contributed by atoms with Crippen molar-refractivity contribution in [3.63, 3.8) is 0 Å². The van der Waals surface area contributed by atoms with Crippen LogP contribution in [0.1, 0.15) is 11.1 Å². The summed E-state index contributed by atoms with van der Waals surface area (Å²) in [6, 6.07) is 9.52. The molecule has 5 heteroatoms. The molecule has 2 aromatic rings. The van der Waals surface area contributed by atoms with Gasteiger partial charge in [-0.2, -0.15) is 0 Å². The van der Waals surface area contributed by atoms with E-state index in [0.717, 1.165) is 22.6 Å². The monoisotopic (exact) mass is 337 g/mol. The maximum absolute atomic E-state index is 5.85. The number of rotatable bonds is 6. The SMILES string of the molecule is COc1ccc(OCc2cccnc2OC)c(CBr)c1. The maximum Gasteiger partial charge on any atom is 0.219 e. The average molecular weight is 338 g/mol. The van der Waals surface area contributed by atoms with E-state index in [2.05, 4.69) is 20.9 Å². The van der Waals surface area contributed by atoms with Crippen molar-refractivity contribution in [2.24, 2.45) is 0 Å². The van der Waals surface area contributed by atoms with Gasteiger partial charge in [0.2, 0.25) is 5.88 Å². The Balaban J connectivity index is 2.14. The first kappa shape index (κ1) is 14.7. The summed E-state index contributed by atoms with van der Waals surface area (Å²) in [7, 11) is 3.25. The van der Waals surface area contributed by atoms with Crippen LogP contribution < -0.4 is 14.2 Å². The van der Waals surface area contributed by atoms with Crippen LogP contribution >= 0.6 is 15.9 Å². The predicted molar refractivity (Wildman–Crippen MR) is 80.7 cm³/mol. The van der Waals surface area contributed by atoms with E-state index in [1.807, 2.05) is 30.3 Å². The molecule has 0 aliphatic heterocycles. The molecule has 20 heavy (non-hydrogen) atoms. The van der Waals surface area contributed by atoms with Gasteiger partial charge in [0.05, 0.1) is 19.8 Å². The summed E-state index contributed by atoms with van der Waals surface area (Å²) < 4.78 is 16.3. The molecule has 106 valence electrons. The molecule has 0 fully saturated rings. The lowest BCUT2D eigenvalue weighted by Crippen LogP contribution is -2.01. The Morgan fingerprint density at radius 1 is 1.10 bits per heavy atom. The minimum Gasteiger partial charge on any atom is -0.497 e. The lowest BCUT2D eigenvalue weighted by atomic mass is 10.2. The Kier molecular flexibility index (Phi) is 5.24. The predicted octanol–water partition coefficient (Wildman–Crippen LogP) is 3.57. The summed E-state index contributed by atoms with van der Waals surface area (Å²) in [6.07, 6.45) is 1.69. The molecule has 0 atom stereocenters. The topological polar surface area (TPSA) is 40.6 Å². The van der Waals surface area contributed by atoms with E-state index in [9.17, 15) is 0 Å². The molecule has 0 aliphatic rings. The Labute approximate surface area is 126 Å². The van der Waals surface area contributed by atoms with Crippen molar-refractivity contribution >= 4 is 15.9 Å². The first-order chi connectivity index (χ1) is 9.78. The van der Waals surface area contributed by atoms with Crippen LogP contribution in [0.2, 0.25) is 0 Å². The number of hydrogen-bond donors (Lipinski definition) is 0. The molecule has 0 N–H and O–H groups in total. The fraction of sp³-hybridized carbons (Fsp3) is 0.267. The molecule has 1 aromatic carbocycles. The van der Waals surface area contributed by atoms with E-state index < -0.39 is 0 Å². The van der Waals surface area contributed by atoms with E-state index in [1.165, 1.54) is 0 Å². The molecule has 0 saturated heterocycles. The van der Waals surface area contributed by atoms with Crippen LogP contribution in [0.3, 0.4) is 0 Å². The van der Waals surface area contributed by atoms with E-state index in [-0.39, 0.29) is 0 Å². The summed E-state index contributed by atoms with van der Waals surface area (Å²) in [5.74, 6) is 2.21. The average Bonchev–Trinajstić information content (AvgIpc) is 2.52. The highest BCUT2D eigenvalue weighted by molar-refractivity contribution is 9.08. The number of alkyl halides is 1. The summed E-state index contributed by atoms with van der Waals surface area (Å²) in [6.45, 7) is 0.406. The Hall–Kier alpha value is -1.75. The van der Waals surface area contributed by atoms with E-state index >= 15 is 0 Å². The Morgan fingerprint density at radius 2 is 1.95 bits per heavy atom. The van der Waals surface area contributed by atoms with Gasteiger partial charge < -0.3 is 14.2 Å². The van der Waals surface area contributed by atoms with E-state index in [1.54, 1.807) is 20.4 Å². The van der Waals surface area contributed by atoms with Crippen LogP contribution in [0.4, 0.5) is 0 Å². The second kappa shape index (κ2) is 7.14. The van der Waals surface area contributed by atoms with Crippen molar-refractivity contribution in [2.45, 2.75) is 11.9 Å². The van der Waals surface area contributed by atoms with Gasteiger partial charge in [-0.3, -0.25) is 0 Å². The third-order valence-corrected chi connectivity index (χ3v) is 3.44. The van der Waals surface area contributed by atoms with Crippen molar-refractivity contribution in [1.29, 1.82) is 0 Å². The second-order valence-corrected chi connectivity index (χ2v) is 4.63. The molecule has 2 rings (SSSR count). The fourth-order valence-electron chi connectivity index (χ4n) is 1.80. The van der Waals surface area contributed by atoms with Gasteiger partial charge in [-0.05, 0) is 30.3 Å². The first-order valence-corrected chi connectivity index (χ1v) is 7.24. The van der Waals surface area contributed by atoms with E-state index in [4.69, 9.17) is 14.2 Å². The zero-order chi connectivity index (χ0) is 14.4. The van der Waals surface area contributed by atoms with Crippen molar-refractivity contribution in [3.8, 4) is 17.4 Å². The summed E-state index contributed by atoms with van der Waals surface area (Å²) in [5.41, 5.74) is 1.94. The number of aromatic nitrogens is 1. The standard InChI is InChI=1S/C15H16BrNO3/c1-18-13-5-6-14(12(8-13)9-16)20-10-11-4-3-7-17-15(11)19-2/h3-8H,9-10H2,1-2H3. The van der Waals surface area contributed by atoms with Gasteiger partial charge in [0, 0.05) is 17.1 Å². The molecule has 0 amide bonds. The van der Waals surface area contributed by atoms with Gasteiger partial charge in [-0.15, -0.1) is 0 Å². The molecule has 1 aromatic heterocycles. The number of ether oxygens (including phenoxy) is 3. The highest BCUT2D eigenvalue weighted by Gasteiger charge is 2.08. The van der Waals surface area contributed by atoms with Gasteiger partial charge in [-0.1, -0.05) is 15.9 Å². The molecule has 0 bridgehead atoms. The Morgan fingerprint density at radius 3 is 2.65 bits per heavy atom. The van der Waals surface area contributed by atoms with E-state index in [0.29, 0.717) is 17.8 Å². The van der Waals surface area contributed by atoms with Crippen LogP contribution in [0.5, 0.6) is 17.4 Å². The highest BCUT2D eigenvalue weighted by Crippen LogP contribution is 2.27. The van der Waals surface area contributed by atoms with Crippen LogP contribution in [0.15, 0.2) is 36.5 Å². The maximum atomic E-state index is 5.85. The largest absolute Gasteiger partial charge is 0.497 e. The minimum absolute atomic E-state index is 0.406. The van der Waals surface area contributed by atoms with Crippen molar-refractivity contribution < 1.29 is 14.2 Å². The molecule has 0 saturated carbocycles. The molecule has 1 heterocycles. The third-order valence-electron chi connectivity index (χ3n) is 2.84. The van der Waals surface area contributed by atoms with Crippen molar-refractivity contribution in [3.05, 3.63) is 47.7 Å². The Bertz CT molecular complexity index is 575. The van der Waals surface area contributed by atoms with Crippen LogP contribution in [-0.4, -0.2) is 19.2 Å². The molecular formula is C15H16BrNO3. The summed E-state index contributed by atoms with van der Waals surface area (Å²) in [5, 5.41) is 0.698. The zero-order valence-electron chi connectivity index (χ0n) is 11.4. The van der Waals surface area contributed by atoms with Crippen molar-refractivity contribution in [2.75, 3.05) is 14.2 Å². The highest BCUT2D eigenvalue weighted by atomic mass is 79.9. The lowest BCUT2D eigenvalue weighted by molar-refractivity contribution is 0.291. The smallest absolute Gasteiger partial charge is 0.219 e. The van der Waals surface area contributed by atoms with Gasteiger partial charge in [0.1, 0.15) is 18.1 Å². The molecule has 0 radical (unpaired) electrons. The molecular weight excluding hydrogens is 322 g/mol. The number of nitrogens with zero attached hydrogens (tertiary/aromatic N) is 1. The number of pyridine rings is 1. The first-order valence-electron chi connectivity index (χ1n) is 6.12. The number of benzene rings is 1. The quantitative estimate of drug-likeness (QED) is 0.755. The van der Waals surface area contributed by atoms with Gasteiger partial charge >= 0.3 is 0 Å². The molecule has 0 spiro atoms. The van der Waals surface area contributed by atoms with Gasteiger partial charge in [-0.25, -0.2) is 4.98 Å². The van der Waals surface area contributed by atoms with Crippen molar-refractivity contribution in [1.82, 2.24) is 4.98 Å². The number of methoxy groups -OCH3 is 2. The number of hydrogen-bond acceptors (Lipinski definition) is 4. The zero-order valence-corrected chi connectivity index (χ0v) is 13.0. The fourth-order valence-corrected chi connectivity index (χ4v) is 2.24. The third kappa shape index (κ3) is 3.42. The van der Waals surface area contributed by atoms with Crippen LogP contribution in [-0.2, 0) is 11.9 Å². The summed E-state index contributed by atoms with van der Waals surface area (Å²) in [4.78, 5) is 4.15. The lowest BCUT2D eigenvalue weighted by Gasteiger charge is -2.12. The van der Waals surface area contributed by atoms with Crippen LogP contribution in [0.25, 0.3) is 0 Å². The second-order valence-electron chi connectivity index (χ2n) is 4.07. The summed E-state index contributed by atoms with van der Waals surface area (Å²) >= 11 is 3.45. The molecule has 0 aliphatic carbocycles.